The molecule has 0 heterocycles. The second-order valence-corrected chi connectivity index (χ2v) is 13.7. The van der Waals surface area contributed by atoms with Crippen LogP contribution >= 0.6 is 7.60 Å². The molecule has 5 heteroatoms. The van der Waals surface area contributed by atoms with E-state index < -0.39 is 13.4 Å². The molecule has 192 valence electrons. The molecule has 0 bridgehead atoms. The number of rotatable bonds is 9. The van der Waals surface area contributed by atoms with Gasteiger partial charge in [0.25, 0.3) is 0 Å². The van der Waals surface area contributed by atoms with Gasteiger partial charge in [-0.15, -0.1) is 0 Å². The molecular formula is C29H47O4P. The van der Waals surface area contributed by atoms with Crippen LogP contribution in [0.15, 0.2) is 36.4 Å². The lowest BCUT2D eigenvalue weighted by molar-refractivity contribution is -0.0121. The smallest absolute Gasteiger partial charge is 0.363 e. The van der Waals surface area contributed by atoms with Gasteiger partial charge < -0.3 is 14.2 Å². The number of hydrogen-bond donors (Lipinski definition) is 1. The van der Waals surface area contributed by atoms with E-state index in [4.69, 9.17) is 9.05 Å². The maximum Gasteiger partial charge on any atom is 0.363 e. The molecule has 4 nitrogen and oxygen atoms in total. The second kappa shape index (κ2) is 12.3. The zero-order valence-electron chi connectivity index (χ0n) is 22.1. The van der Waals surface area contributed by atoms with Crippen LogP contribution in [-0.4, -0.2) is 23.2 Å². The van der Waals surface area contributed by atoms with Gasteiger partial charge in [0.15, 0.2) is 5.85 Å². The highest BCUT2D eigenvalue weighted by molar-refractivity contribution is 7.54. The summed E-state index contributed by atoms with van der Waals surface area (Å²) in [4.78, 5) is 0. The van der Waals surface area contributed by atoms with Crippen LogP contribution in [-0.2, 0) is 13.6 Å². The lowest BCUT2D eigenvalue weighted by Gasteiger charge is -2.42. The van der Waals surface area contributed by atoms with Gasteiger partial charge in [0, 0.05) is 0 Å². The highest BCUT2D eigenvalue weighted by atomic mass is 31.2. The Kier molecular flexibility index (Phi) is 10.0. The zero-order chi connectivity index (χ0) is 24.9. The topological polar surface area (TPSA) is 55.8 Å². The van der Waals surface area contributed by atoms with Crippen molar-refractivity contribution in [2.24, 2.45) is 35.5 Å². The van der Waals surface area contributed by atoms with Crippen molar-refractivity contribution in [3.05, 3.63) is 42.0 Å². The van der Waals surface area contributed by atoms with Crippen LogP contribution in [0, 0.1) is 35.5 Å². The molecule has 0 amide bonds. The van der Waals surface area contributed by atoms with E-state index in [1.807, 2.05) is 36.4 Å². The van der Waals surface area contributed by atoms with Crippen molar-refractivity contribution in [2.75, 3.05) is 0 Å². The van der Waals surface area contributed by atoms with E-state index in [1.165, 1.54) is 12.8 Å². The quantitative estimate of drug-likeness (QED) is 0.355. The second-order valence-electron chi connectivity index (χ2n) is 11.7. The van der Waals surface area contributed by atoms with Gasteiger partial charge in [-0.2, -0.15) is 0 Å². The average Bonchev–Trinajstić information content (AvgIpc) is 2.77. The van der Waals surface area contributed by atoms with Crippen LogP contribution in [0.25, 0.3) is 6.08 Å². The van der Waals surface area contributed by atoms with Gasteiger partial charge in [-0.3, -0.25) is 4.57 Å². The number of benzene rings is 1. The third-order valence-electron chi connectivity index (χ3n) is 8.07. The molecule has 34 heavy (non-hydrogen) atoms. The first-order valence-corrected chi connectivity index (χ1v) is 15.1. The van der Waals surface area contributed by atoms with E-state index in [-0.39, 0.29) is 12.2 Å². The molecule has 2 saturated carbocycles. The summed E-state index contributed by atoms with van der Waals surface area (Å²) < 4.78 is 27.4. The summed E-state index contributed by atoms with van der Waals surface area (Å²) in [6, 6.07) is 9.78. The molecule has 0 aromatic heterocycles. The minimum atomic E-state index is -3.82. The summed E-state index contributed by atoms with van der Waals surface area (Å²) >= 11 is 0. The molecule has 1 aromatic rings. The van der Waals surface area contributed by atoms with Gasteiger partial charge in [-0.05, 0) is 72.8 Å². The molecule has 1 N–H and O–H groups in total. The molecule has 0 saturated heterocycles. The van der Waals surface area contributed by atoms with Crippen molar-refractivity contribution in [2.45, 2.75) is 98.1 Å². The largest absolute Gasteiger partial charge is 0.377 e. The van der Waals surface area contributed by atoms with E-state index in [0.29, 0.717) is 35.5 Å². The SMILES string of the molecule is CC(C)[C@H]1CC[C@H](C)C[C@H]1OP(=O)(O[C@@H]1C[C@H](C)CC[C@H]1C(C)C)[C@H](O)/C=C/c1ccccc1. The third kappa shape index (κ3) is 7.29. The first-order chi connectivity index (χ1) is 16.1. The summed E-state index contributed by atoms with van der Waals surface area (Å²) in [5.74, 6) is 1.26. The van der Waals surface area contributed by atoms with Gasteiger partial charge in [0.1, 0.15) is 0 Å². The van der Waals surface area contributed by atoms with Crippen LogP contribution in [0.3, 0.4) is 0 Å². The van der Waals surface area contributed by atoms with Gasteiger partial charge >= 0.3 is 7.60 Å². The predicted molar refractivity (Wildman–Crippen MR) is 142 cm³/mol. The van der Waals surface area contributed by atoms with Crippen LogP contribution in [0.2, 0.25) is 0 Å². The van der Waals surface area contributed by atoms with E-state index in [0.717, 1.165) is 31.2 Å². The lowest BCUT2D eigenvalue weighted by Crippen LogP contribution is -2.37. The Balaban J connectivity index is 1.89. The van der Waals surface area contributed by atoms with E-state index in [9.17, 15) is 9.67 Å². The zero-order valence-corrected chi connectivity index (χ0v) is 23.0. The Hall–Kier alpha value is -0.930. The van der Waals surface area contributed by atoms with Crippen molar-refractivity contribution >= 4 is 13.7 Å². The van der Waals surface area contributed by atoms with Gasteiger partial charge in [0.05, 0.1) is 12.2 Å². The number of aliphatic hydroxyl groups excluding tert-OH is 1. The molecule has 2 fully saturated rings. The molecule has 2 aliphatic carbocycles. The maximum absolute atomic E-state index is 14.5. The summed E-state index contributed by atoms with van der Waals surface area (Å²) in [5.41, 5.74) is 0.950. The van der Waals surface area contributed by atoms with Crippen molar-refractivity contribution in [1.82, 2.24) is 0 Å². The Morgan fingerprint density at radius 2 is 1.32 bits per heavy atom. The third-order valence-corrected chi connectivity index (χ3v) is 10.0. The molecule has 3 rings (SSSR count). The molecule has 2 aliphatic rings. The number of aliphatic hydroxyl groups is 1. The van der Waals surface area contributed by atoms with Gasteiger partial charge in [-0.25, -0.2) is 0 Å². The molecule has 0 aliphatic heterocycles. The molecule has 0 spiro atoms. The normalized spacial score (nSPS) is 33.3. The molecule has 0 radical (unpaired) electrons. The van der Waals surface area contributed by atoms with Gasteiger partial charge in [0.2, 0.25) is 0 Å². The minimum Gasteiger partial charge on any atom is -0.377 e. The fourth-order valence-corrected chi connectivity index (χ4v) is 7.70. The fraction of sp³-hybridized carbons (Fsp3) is 0.724. The first kappa shape index (κ1) is 27.7. The lowest BCUT2D eigenvalue weighted by atomic mass is 9.75. The van der Waals surface area contributed by atoms with E-state index >= 15 is 0 Å². The van der Waals surface area contributed by atoms with Gasteiger partial charge in [-0.1, -0.05) is 90.8 Å². The molecule has 8 atom stereocenters. The van der Waals surface area contributed by atoms with Crippen molar-refractivity contribution < 1.29 is 18.7 Å². The van der Waals surface area contributed by atoms with Crippen LogP contribution < -0.4 is 0 Å². The minimum absolute atomic E-state index is 0.159. The molecular weight excluding hydrogens is 443 g/mol. The van der Waals surface area contributed by atoms with Crippen molar-refractivity contribution in [3.63, 3.8) is 0 Å². The monoisotopic (exact) mass is 490 g/mol. The summed E-state index contributed by atoms with van der Waals surface area (Å²) in [6.07, 6.45) is 9.28. The Morgan fingerprint density at radius 1 is 0.853 bits per heavy atom. The standard InChI is InChI=1S/C29H47O4P/c1-20(2)25-15-12-22(5)18-27(25)32-34(31,29(30)17-14-24-10-8-7-9-11-24)33-28-19-23(6)13-16-26(28)21(3)4/h7-11,14,17,20-23,25-30H,12-13,15-16,18-19H2,1-6H3/b17-14+/t22-,23+,25+,26-,27-,28-,29+,34?/m1/s1. The van der Waals surface area contributed by atoms with Crippen molar-refractivity contribution in [3.8, 4) is 0 Å². The molecule has 1 aromatic carbocycles. The van der Waals surface area contributed by atoms with E-state index in [2.05, 4.69) is 41.5 Å². The Morgan fingerprint density at radius 3 is 1.76 bits per heavy atom. The van der Waals surface area contributed by atoms with Crippen molar-refractivity contribution in [1.29, 1.82) is 0 Å². The fourth-order valence-electron chi connectivity index (χ4n) is 5.87. The Labute approximate surface area is 208 Å². The highest BCUT2D eigenvalue weighted by Crippen LogP contribution is 2.59. The van der Waals surface area contributed by atoms with Crippen LogP contribution in [0.1, 0.15) is 85.6 Å². The highest BCUT2D eigenvalue weighted by Gasteiger charge is 2.45. The van der Waals surface area contributed by atoms with Crippen LogP contribution in [0.5, 0.6) is 0 Å². The summed E-state index contributed by atoms with van der Waals surface area (Å²) in [6.45, 7) is 13.3. The summed E-state index contributed by atoms with van der Waals surface area (Å²) in [7, 11) is -3.82. The first-order valence-electron chi connectivity index (χ1n) is 13.5. The predicted octanol–water partition coefficient (Wildman–Crippen LogP) is 8.17. The summed E-state index contributed by atoms with van der Waals surface area (Å²) in [5, 5.41) is 11.3. The van der Waals surface area contributed by atoms with E-state index in [1.54, 1.807) is 6.08 Å². The average molecular weight is 491 g/mol. The Bertz CT molecular complexity index is 783. The maximum atomic E-state index is 14.5. The molecule has 1 unspecified atom stereocenters. The number of hydrogen-bond acceptors (Lipinski definition) is 4. The van der Waals surface area contributed by atoms with Crippen LogP contribution in [0.4, 0.5) is 0 Å².